The third kappa shape index (κ3) is 3.73. The molecule has 1 aliphatic heterocycles. The number of halogens is 2. The molecule has 1 heterocycles. The van der Waals surface area contributed by atoms with E-state index >= 15 is 0 Å². The lowest BCUT2D eigenvalue weighted by molar-refractivity contribution is -0.128. The summed E-state index contributed by atoms with van der Waals surface area (Å²) in [5, 5.41) is 0. The highest BCUT2D eigenvalue weighted by Gasteiger charge is 2.29. The Kier molecular flexibility index (Phi) is 4.47. The molecule has 1 aromatic carbocycles. The van der Waals surface area contributed by atoms with Crippen molar-refractivity contribution in [3.05, 3.63) is 35.4 Å². The molecule has 2 rings (SSSR count). The molecular weight excluding hydrogens is 252 g/mol. The number of rotatable bonds is 5. The minimum Gasteiger partial charge on any atom is -0.383 e. The van der Waals surface area contributed by atoms with Crippen LogP contribution in [0.4, 0.5) is 8.78 Å². The van der Waals surface area contributed by atoms with Crippen LogP contribution in [0.2, 0.25) is 0 Å². The predicted molar refractivity (Wildman–Crippen MR) is 66.6 cm³/mol. The molecule has 0 aromatic heterocycles. The van der Waals surface area contributed by atoms with Crippen LogP contribution >= 0.6 is 0 Å². The normalized spacial score (nSPS) is 19.2. The third-order valence-corrected chi connectivity index (χ3v) is 3.31. The summed E-state index contributed by atoms with van der Waals surface area (Å²) in [6.45, 7) is 1.71. The molecule has 104 valence electrons. The Morgan fingerprint density at radius 3 is 2.63 bits per heavy atom. The van der Waals surface area contributed by atoms with Gasteiger partial charge in [-0.05, 0) is 30.0 Å². The van der Waals surface area contributed by atoms with E-state index in [4.69, 9.17) is 4.74 Å². The van der Waals surface area contributed by atoms with Gasteiger partial charge in [-0.2, -0.15) is 0 Å². The van der Waals surface area contributed by atoms with Gasteiger partial charge in [0.25, 0.3) is 0 Å². The lowest BCUT2D eigenvalue weighted by atomic mass is 9.98. The van der Waals surface area contributed by atoms with Gasteiger partial charge in [0.2, 0.25) is 5.91 Å². The third-order valence-electron chi connectivity index (χ3n) is 3.31. The maximum Gasteiger partial charge on any atom is 0.223 e. The monoisotopic (exact) mass is 269 g/mol. The van der Waals surface area contributed by atoms with Gasteiger partial charge in [-0.15, -0.1) is 0 Å². The van der Waals surface area contributed by atoms with Crippen LogP contribution < -0.4 is 0 Å². The van der Waals surface area contributed by atoms with Crippen molar-refractivity contribution in [3.8, 4) is 0 Å². The second-order valence-corrected chi connectivity index (χ2v) is 4.88. The molecule has 0 bridgehead atoms. The number of hydrogen-bond acceptors (Lipinski definition) is 2. The first-order valence-corrected chi connectivity index (χ1v) is 6.30. The highest BCUT2D eigenvalue weighted by molar-refractivity contribution is 5.78. The van der Waals surface area contributed by atoms with E-state index in [1.807, 2.05) is 0 Å². The Morgan fingerprint density at radius 1 is 1.32 bits per heavy atom. The first kappa shape index (κ1) is 13.9. The Balaban J connectivity index is 1.95. The van der Waals surface area contributed by atoms with Crippen molar-refractivity contribution in [1.82, 2.24) is 4.90 Å². The molecule has 1 amide bonds. The zero-order valence-corrected chi connectivity index (χ0v) is 10.9. The van der Waals surface area contributed by atoms with Gasteiger partial charge in [-0.1, -0.05) is 0 Å². The molecule has 5 heteroatoms. The zero-order valence-electron chi connectivity index (χ0n) is 10.9. The van der Waals surface area contributed by atoms with Crippen molar-refractivity contribution in [1.29, 1.82) is 0 Å². The second kappa shape index (κ2) is 6.10. The maximum atomic E-state index is 13.1. The molecule has 0 radical (unpaired) electrons. The molecule has 0 aliphatic carbocycles. The first-order chi connectivity index (χ1) is 9.08. The molecule has 3 nitrogen and oxygen atoms in total. The van der Waals surface area contributed by atoms with Crippen LogP contribution in [0, 0.1) is 17.6 Å². The minimum absolute atomic E-state index is 0.0823. The highest BCUT2D eigenvalue weighted by Crippen LogP contribution is 2.22. The molecule has 0 saturated carbocycles. The summed E-state index contributed by atoms with van der Waals surface area (Å²) in [5.41, 5.74) is 0.601. The van der Waals surface area contributed by atoms with Gasteiger partial charge < -0.3 is 9.64 Å². The number of hydrogen-bond donors (Lipinski definition) is 0. The van der Waals surface area contributed by atoms with Crippen LogP contribution in [0.1, 0.15) is 12.0 Å². The summed E-state index contributed by atoms with van der Waals surface area (Å²) >= 11 is 0. The lowest BCUT2D eigenvalue weighted by Gasteiger charge is -2.16. The standard InChI is InChI=1S/C14H17F2NO2/c1-19-3-2-17-9-11(7-14(17)18)4-10-5-12(15)8-13(16)6-10/h5-6,8,11H,2-4,7,9H2,1H3/t11-/m0/s1. The topological polar surface area (TPSA) is 29.5 Å². The Labute approximate surface area is 111 Å². The number of amides is 1. The highest BCUT2D eigenvalue weighted by atomic mass is 19.1. The van der Waals surface area contributed by atoms with E-state index in [0.29, 0.717) is 38.1 Å². The van der Waals surface area contributed by atoms with Crippen molar-refractivity contribution >= 4 is 5.91 Å². The Bertz CT molecular complexity index is 445. The SMILES string of the molecule is COCCN1C[C@@H](Cc2cc(F)cc(F)c2)CC1=O. The molecule has 1 saturated heterocycles. The van der Waals surface area contributed by atoms with E-state index < -0.39 is 11.6 Å². The van der Waals surface area contributed by atoms with Crippen LogP contribution in [0.3, 0.4) is 0 Å². The van der Waals surface area contributed by atoms with Crippen LogP contribution in [0.5, 0.6) is 0 Å². The Hall–Kier alpha value is -1.49. The molecule has 0 spiro atoms. The summed E-state index contributed by atoms with van der Waals surface area (Å²) < 4.78 is 31.1. The van der Waals surface area contributed by atoms with E-state index in [9.17, 15) is 13.6 Å². The largest absolute Gasteiger partial charge is 0.383 e. The summed E-state index contributed by atoms with van der Waals surface area (Å²) in [7, 11) is 1.59. The average molecular weight is 269 g/mol. The fraction of sp³-hybridized carbons (Fsp3) is 0.500. The van der Waals surface area contributed by atoms with Gasteiger partial charge in [0.1, 0.15) is 11.6 Å². The van der Waals surface area contributed by atoms with E-state index in [0.717, 1.165) is 6.07 Å². The minimum atomic E-state index is -0.574. The number of carbonyl (C=O) groups excluding carboxylic acids is 1. The first-order valence-electron chi connectivity index (χ1n) is 6.30. The predicted octanol–water partition coefficient (Wildman–Crippen LogP) is 2.00. The van der Waals surface area contributed by atoms with Crippen LogP contribution in [0.25, 0.3) is 0 Å². The van der Waals surface area contributed by atoms with E-state index in [-0.39, 0.29) is 11.8 Å². The van der Waals surface area contributed by atoms with E-state index in [1.165, 1.54) is 12.1 Å². The molecule has 0 unspecified atom stereocenters. The van der Waals surface area contributed by atoms with Gasteiger partial charge in [0.05, 0.1) is 6.61 Å². The molecule has 1 aliphatic rings. The van der Waals surface area contributed by atoms with Crippen molar-refractivity contribution in [2.75, 3.05) is 26.8 Å². The zero-order chi connectivity index (χ0) is 13.8. The smallest absolute Gasteiger partial charge is 0.223 e. The average Bonchev–Trinajstić information content (AvgIpc) is 2.65. The van der Waals surface area contributed by atoms with E-state index in [2.05, 4.69) is 0 Å². The number of carbonyl (C=O) groups is 1. The molecule has 1 fully saturated rings. The van der Waals surface area contributed by atoms with Crippen LogP contribution in [0.15, 0.2) is 18.2 Å². The molecule has 1 aromatic rings. The fourth-order valence-electron chi connectivity index (χ4n) is 2.47. The molecule has 1 atom stereocenters. The number of benzene rings is 1. The van der Waals surface area contributed by atoms with Crippen molar-refractivity contribution in [2.24, 2.45) is 5.92 Å². The molecule has 0 N–H and O–H groups in total. The van der Waals surface area contributed by atoms with Gasteiger partial charge in [0.15, 0.2) is 0 Å². The summed E-state index contributed by atoms with van der Waals surface area (Å²) in [4.78, 5) is 13.5. The maximum absolute atomic E-state index is 13.1. The van der Waals surface area contributed by atoms with Crippen LogP contribution in [-0.4, -0.2) is 37.6 Å². The summed E-state index contributed by atoms with van der Waals surface area (Å²) in [6, 6.07) is 3.50. The molecule has 19 heavy (non-hydrogen) atoms. The van der Waals surface area contributed by atoms with E-state index in [1.54, 1.807) is 12.0 Å². The summed E-state index contributed by atoms with van der Waals surface area (Å²) in [5.74, 6) is -0.949. The van der Waals surface area contributed by atoms with Gasteiger partial charge in [-0.3, -0.25) is 4.79 Å². The number of nitrogens with zero attached hydrogens (tertiary/aromatic N) is 1. The van der Waals surface area contributed by atoms with Gasteiger partial charge in [-0.25, -0.2) is 8.78 Å². The van der Waals surface area contributed by atoms with Crippen molar-refractivity contribution < 1.29 is 18.3 Å². The Morgan fingerprint density at radius 2 is 2.00 bits per heavy atom. The quantitative estimate of drug-likeness (QED) is 0.818. The summed E-state index contributed by atoms with van der Waals surface area (Å²) in [6.07, 6.45) is 0.950. The molecular formula is C14H17F2NO2. The number of methoxy groups -OCH3 is 1. The van der Waals surface area contributed by atoms with Gasteiger partial charge >= 0.3 is 0 Å². The number of likely N-dealkylation sites (tertiary alicyclic amines) is 1. The van der Waals surface area contributed by atoms with Gasteiger partial charge in [0, 0.05) is 32.7 Å². The van der Waals surface area contributed by atoms with Crippen molar-refractivity contribution in [2.45, 2.75) is 12.8 Å². The van der Waals surface area contributed by atoms with Crippen molar-refractivity contribution in [3.63, 3.8) is 0 Å². The second-order valence-electron chi connectivity index (χ2n) is 4.88. The lowest BCUT2D eigenvalue weighted by Crippen LogP contribution is -2.28. The van der Waals surface area contributed by atoms with Crippen LogP contribution in [-0.2, 0) is 16.0 Å². The number of ether oxygens (including phenoxy) is 1. The fourth-order valence-corrected chi connectivity index (χ4v) is 2.47.